The predicted molar refractivity (Wildman–Crippen MR) is 64.3 cm³/mol. The van der Waals surface area contributed by atoms with Gasteiger partial charge < -0.3 is 5.32 Å². The van der Waals surface area contributed by atoms with E-state index in [0.29, 0.717) is 6.42 Å². The first-order chi connectivity index (χ1) is 7.72. The van der Waals surface area contributed by atoms with Crippen LogP contribution in [0.5, 0.6) is 0 Å². The molecular weight excluding hydrogens is 270 g/mol. The maximum Gasteiger partial charge on any atom is 0.321 e. The number of amides is 3. The van der Waals surface area contributed by atoms with E-state index in [4.69, 9.17) is 11.6 Å². The molecule has 0 saturated heterocycles. The highest BCUT2D eigenvalue weighted by molar-refractivity contribution is 7.88. The molecule has 3 N–H and O–H groups in total. The summed E-state index contributed by atoms with van der Waals surface area (Å²) in [5, 5.41) is 3.63. The van der Waals surface area contributed by atoms with Crippen LogP contribution >= 0.6 is 11.6 Å². The Kier molecular flexibility index (Phi) is 7.09. The van der Waals surface area contributed by atoms with Gasteiger partial charge in [-0.2, -0.15) is 0 Å². The van der Waals surface area contributed by atoms with Crippen LogP contribution in [0, 0.1) is 0 Å². The average Bonchev–Trinajstić information content (AvgIpc) is 2.15. The zero-order valence-electron chi connectivity index (χ0n) is 9.62. The predicted octanol–water partition coefficient (Wildman–Crippen LogP) is -0.621. The maximum atomic E-state index is 11.1. The molecule has 0 aromatic heterocycles. The third-order valence-corrected chi connectivity index (χ3v) is 2.53. The van der Waals surface area contributed by atoms with E-state index in [1.54, 1.807) is 0 Å². The smallest absolute Gasteiger partial charge is 0.321 e. The van der Waals surface area contributed by atoms with E-state index < -0.39 is 27.3 Å². The lowest BCUT2D eigenvalue weighted by molar-refractivity contribution is -0.119. The van der Waals surface area contributed by atoms with Crippen molar-refractivity contribution in [1.82, 2.24) is 15.4 Å². The highest BCUT2D eigenvalue weighted by atomic mass is 35.5. The van der Waals surface area contributed by atoms with E-state index in [1.807, 2.05) is 5.32 Å². The third kappa shape index (κ3) is 10.0. The lowest BCUT2D eigenvalue weighted by atomic mass is 10.4. The Morgan fingerprint density at radius 2 is 1.88 bits per heavy atom. The molecule has 0 saturated carbocycles. The second-order valence-electron chi connectivity index (χ2n) is 3.38. The highest BCUT2D eigenvalue weighted by Crippen LogP contribution is 1.91. The summed E-state index contributed by atoms with van der Waals surface area (Å²) in [4.78, 5) is 22.1. The monoisotopic (exact) mass is 285 g/mol. The minimum atomic E-state index is -3.20. The average molecular weight is 286 g/mol. The van der Waals surface area contributed by atoms with Crippen molar-refractivity contribution in [3.63, 3.8) is 0 Å². The largest absolute Gasteiger partial charge is 0.338 e. The molecule has 0 fully saturated rings. The molecule has 0 aliphatic carbocycles. The number of rotatable bonds is 6. The molecule has 0 heterocycles. The van der Waals surface area contributed by atoms with Crippen LogP contribution in [0.2, 0.25) is 0 Å². The van der Waals surface area contributed by atoms with Crippen molar-refractivity contribution in [2.24, 2.45) is 0 Å². The number of urea groups is 1. The maximum absolute atomic E-state index is 11.1. The summed E-state index contributed by atoms with van der Waals surface area (Å²) in [6.07, 6.45) is 1.47. The van der Waals surface area contributed by atoms with Gasteiger partial charge >= 0.3 is 6.03 Å². The van der Waals surface area contributed by atoms with Crippen LogP contribution in [-0.2, 0) is 14.8 Å². The molecule has 0 aliphatic rings. The fourth-order valence-electron chi connectivity index (χ4n) is 0.803. The topological polar surface area (TPSA) is 104 Å². The van der Waals surface area contributed by atoms with E-state index in [-0.39, 0.29) is 13.1 Å². The molecule has 0 aliphatic heterocycles. The normalized spacial score (nSPS) is 12.9. The summed E-state index contributed by atoms with van der Waals surface area (Å²) in [5.41, 5.74) is 0. The second-order valence-corrected chi connectivity index (χ2v) is 5.87. The van der Waals surface area contributed by atoms with Crippen molar-refractivity contribution < 1.29 is 18.0 Å². The Morgan fingerprint density at radius 1 is 1.29 bits per heavy atom. The molecule has 1 atom stereocenters. The number of nitrogens with one attached hydrogen (secondary N) is 3. The van der Waals surface area contributed by atoms with Gasteiger partial charge in [0.1, 0.15) is 5.38 Å². The number of hydrogen-bond acceptors (Lipinski definition) is 4. The minimum Gasteiger partial charge on any atom is -0.338 e. The van der Waals surface area contributed by atoms with Gasteiger partial charge in [0.15, 0.2) is 0 Å². The van der Waals surface area contributed by atoms with Crippen molar-refractivity contribution in [1.29, 1.82) is 0 Å². The number of halogens is 1. The highest BCUT2D eigenvalue weighted by Gasteiger charge is 2.12. The zero-order valence-corrected chi connectivity index (χ0v) is 11.2. The Balaban J connectivity index is 3.63. The first-order valence-electron chi connectivity index (χ1n) is 4.90. The molecule has 9 heteroatoms. The molecule has 0 rings (SSSR count). The number of carbonyl (C=O) groups is 2. The number of hydrogen-bond donors (Lipinski definition) is 3. The summed E-state index contributed by atoms with van der Waals surface area (Å²) < 4.78 is 23.6. The Morgan fingerprint density at radius 3 is 2.35 bits per heavy atom. The molecular formula is C8H16ClN3O4S. The molecule has 3 amide bonds. The molecule has 7 nitrogen and oxygen atoms in total. The van der Waals surface area contributed by atoms with Crippen molar-refractivity contribution in [3.8, 4) is 0 Å². The number of imide groups is 1. The number of carbonyl (C=O) groups excluding carboxylic acids is 2. The molecule has 1 unspecified atom stereocenters. The SMILES string of the molecule is CC(Cl)C(=O)NC(=O)NCCCNS(C)(=O)=O. The lowest BCUT2D eigenvalue weighted by Gasteiger charge is -2.07. The molecule has 17 heavy (non-hydrogen) atoms. The van der Waals surface area contributed by atoms with Gasteiger partial charge in [-0.3, -0.25) is 10.1 Å². The summed E-state index contributed by atoms with van der Waals surface area (Å²) in [6, 6.07) is -0.651. The molecule has 0 spiro atoms. The minimum absolute atomic E-state index is 0.221. The van der Waals surface area contributed by atoms with Crippen molar-refractivity contribution in [2.45, 2.75) is 18.7 Å². The van der Waals surface area contributed by atoms with Crippen LogP contribution in [0.15, 0.2) is 0 Å². The van der Waals surface area contributed by atoms with E-state index in [1.165, 1.54) is 6.92 Å². The summed E-state index contributed by atoms with van der Waals surface area (Å²) in [5.74, 6) is -0.585. The lowest BCUT2D eigenvalue weighted by Crippen LogP contribution is -2.43. The van der Waals surface area contributed by atoms with Gasteiger partial charge in [-0.15, -0.1) is 11.6 Å². The van der Waals surface area contributed by atoms with Crippen molar-refractivity contribution in [3.05, 3.63) is 0 Å². The van der Waals surface area contributed by atoms with Crippen LogP contribution in [0.1, 0.15) is 13.3 Å². The van der Waals surface area contributed by atoms with Crippen LogP contribution in [0.4, 0.5) is 4.79 Å². The van der Waals surface area contributed by atoms with Crippen molar-refractivity contribution >= 4 is 33.6 Å². The molecule has 0 aromatic rings. The van der Waals surface area contributed by atoms with E-state index in [2.05, 4.69) is 10.0 Å². The van der Waals surface area contributed by atoms with E-state index >= 15 is 0 Å². The van der Waals surface area contributed by atoms with Crippen LogP contribution in [0.3, 0.4) is 0 Å². The van der Waals surface area contributed by atoms with Gasteiger partial charge in [0.25, 0.3) is 0 Å². The van der Waals surface area contributed by atoms with Gasteiger partial charge in [-0.25, -0.2) is 17.9 Å². The van der Waals surface area contributed by atoms with Gasteiger partial charge in [-0.05, 0) is 13.3 Å². The van der Waals surface area contributed by atoms with E-state index in [0.717, 1.165) is 6.26 Å². The zero-order chi connectivity index (χ0) is 13.5. The van der Waals surface area contributed by atoms with Gasteiger partial charge in [0, 0.05) is 13.1 Å². The number of sulfonamides is 1. The fourth-order valence-corrected chi connectivity index (χ4v) is 1.37. The van der Waals surface area contributed by atoms with Crippen LogP contribution in [-0.4, -0.2) is 45.1 Å². The van der Waals surface area contributed by atoms with Gasteiger partial charge in [0.2, 0.25) is 15.9 Å². The quantitative estimate of drug-likeness (QED) is 0.447. The van der Waals surface area contributed by atoms with Crippen molar-refractivity contribution in [2.75, 3.05) is 19.3 Å². The van der Waals surface area contributed by atoms with Crippen LogP contribution in [0.25, 0.3) is 0 Å². The first-order valence-corrected chi connectivity index (χ1v) is 7.22. The van der Waals surface area contributed by atoms with Gasteiger partial charge in [-0.1, -0.05) is 0 Å². The summed E-state index contributed by atoms with van der Waals surface area (Å²) in [6.45, 7) is 1.91. The molecule has 0 bridgehead atoms. The van der Waals surface area contributed by atoms with Crippen LogP contribution < -0.4 is 15.4 Å². The van der Waals surface area contributed by atoms with E-state index in [9.17, 15) is 18.0 Å². The summed E-state index contributed by atoms with van der Waals surface area (Å²) >= 11 is 5.44. The Labute approximate surface area is 105 Å². The Bertz CT molecular complexity index is 369. The second kappa shape index (κ2) is 7.46. The Hall–Kier alpha value is -0.860. The number of alkyl halides is 1. The third-order valence-electron chi connectivity index (χ3n) is 1.60. The molecule has 0 aromatic carbocycles. The molecule has 100 valence electrons. The fraction of sp³-hybridized carbons (Fsp3) is 0.750. The van der Waals surface area contributed by atoms with Gasteiger partial charge in [0.05, 0.1) is 6.26 Å². The first kappa shape index (κ1) is 16.1. The molecule has 0 radical (unpaired) electrons. The standard InChI is InChI=1S/C8H16ClN3O4S/c1-6(9)7(13)12-8(14)10-4-3-5-11-17(2,15)16/h6,11H,3-5H2,1-2H3,(H2,10,12,13,14). The summed E-state index contributed by atoms with van der Waals surface area (Å²) in [7, 11) is -3.20.